The minimum Gasteiger partial charge on any atom is -0.481 e. The van der Waals surface area contributed by atoms with Gasteiger partial charge in [0, 0.05) is 12.6 Å². The van der Waals surface area contributed by atoms with Crippen molar-refractivity contribution in [3.8, 4) is 0 Å². The minimum atomic E-state index is -0.715. The predicted molar refractivity (Wildman–Crippen MR) is 51.2 cm³/mol. The van der Waals surface area contributed by atoms with E-state index >= 15 is 0 Å². The highest BCUT2D eigenvalue weighted by Gasteiger charge is 2.50. The number of aliphatic carboxylic acids is 1. The molecule has 0 aromatic carbocycles. The van der Waals surface area contributed by atoms with Gasteiger partial charge < -0.3 is 14.8 Å². The molecule has 0 aliphatic heterocycles. The predicted octanol–water partition coefficient (Wildman–Crippen LogP) is 1.86. The number of nitrogens with one attached hydrogen (secondary N) is 1. The van der Waals surface area contributed by atoms with Crippen molar-refractivity contribution >= 4 is 11.9 Å². The zero-order chi connectivity index (χ0) is 10.2. The lowest BCUT2D eigenvalue weighted by molar-refractivity contribution is -0.142. The van der Waals surface area contributed by atoms with Gasteiger partial charge in [0.1, 0.15) is 5.76 Å². The van der Waals surface area contributed by atoms with Crippen molar-refractivity contribution in [2.45, 2.75) is 19.8 Å². The third-order valence-electron chi connectivity index (χ3n) is 2.65. The van der Waals surface area contributed by atoms with E-state index in [1.165, 1.54) is 0 Å². The normalized spacial score (nSPS) is 17.8. The molecule has 0 unspecified atom stereocenters. The van der Waals surface area contributed by atoms with Crippen LogP contribution in [-0.4, -0.2) is 17.6 Å². The zero-order valence-electron chi connectivity index (χ0n) is 8.04. The Balaban J connectivity index is 1.92. The van der Waals surface area contributed by atoms with Crippen LogP contribution in [0.4, 0.5) is 5.88 Å². The summed E-state index contributed by atoms with van der Waals surface area (Å²) in [5.41, 5.74) is -0.541. The molecule has 1 aromatic rings. The SMILES string of the molecule is Cc1ccc(NCC2(C(=O)O)CC2)o1. The van der Waals surface area contributed by atoms with Gasteiger partial charge in [-0.1, -0.05) is 0 Å². The summed E-state index contributed by atoms with van der Waals surface area (Å²) in [6.45, 7) is 2.31. The monoisotopic (exact) mass is 195 g/mol. The Morgan fingerprint density at radius 3 is 2.79 bits per heavy atom. The van der Waals surface area contributed by atoms with Gasteiger partial charge >= 0.3 is 5.97 Å². The van der Waals surface area contributed by atoms with Crippen molar-refractivity contribution in [1.29, 1.82) is 0 Å². The lowest BCUT2D eigenvalue weighted by atomic mass is 10.1. The van der Waals surface area contributed by atoms with Crippen LogP contribution >= 0.6 is 0 Å². The van der Waals surface area contributed by atoms with Crippen LogP contribution in [0.5, 0.6) is 0 Å². The lowest BCUT2D eigenvalue weighted by Crippen LogP contribution is -2.24. The van der Waals surface area contributed by atoms with E-state index in [0.29, 0.717) is 12.4 Å². The molecule has 1 aromatic heterocycles. The van der Waals surface area contributed by atoms with E-state index < -0.39 is 11.4 Å². The summed E-state index contributed by atoms with van der Waals surface area (Å²) in [6, 6.07) is 3.66. The fraction of sp³-hybridized carbons (Fsp3) is 0.500. The van der Waals surface area contributed by atoms with Crippen molar-refractivity contribution in [3.05, 3.63) is 17.9 Å². The number of carboxylic acid groups (broad SMARTS) is 1. The van der Waals surface area contributed by atoms with Crippen LogP contribution in [-0.2, 0) is 4.79 Å². The summed E-state index contributed by atoms with van der Waals surface area (Å²) in [5, 5.41) is 11.9. The molecule has 1 heterocycles. The highest BCUT2D eigenvalue weighted by atomic mass is 16.4. The maximum atomic E-state index is 10.8. The molecule has 4 heteroatoms. The first kappa shape index (κ1) is 9.12. The molecular weight excluding hydrogens is 182 g/mol. The first-order chi connectivity index (χ1) is 6.62. The standard InChI is InChI=1S/C10H13NO3/c1-7-2-3-8(14-7)11-6-10(4-5-10)9(12)13/h2-3,11H,4-6H2,1H3,(H,12,13). The molecule has 0 amide bonds. The summed E-state index contributed by atoms with van der Waals surface area (Å²) in [7, 11) is 0. The maximum absolute atomic E-state index is 10.8. The Bertz CT molecular complexity index is 352. The molecule has 0 spiro atoms. The number of carboxylic acids is 1. The molecule has 1 aliphatic carbocycles. The molecule has 0 radical (unpaired) electrons. The van der Waals surface area contributed by atoms with Crippen molar-refractivity contribution < 1.29 is 14.3 Å². The van der Waals surface area contributed by atoms with Crippen LogP contribution in [0, 0.1) is 12.3 Å². The zero-order valence-corrected chi connectivity index (χ0v) is 8.04. The summed E-state index contributed by atoms with van der Waals surface area (Å²) < 4.78 is 5.28. The number of hydrogen-bond acceptors (Lipinski definition) is 3. The third kappa shape index (κ3) is 1.60. The topological polar surface area (TPSA) is 62.5 Å². The van der Waals surface area contributed by atoms with Gasteiger partial charge in [-0.05, 0) is 25.8 Å². The molecule has 1 aliphatic rings. The second-order valence-corrected chi connectivity index (χ2v) is 3.85. The van der Waals surface area contributed by atoms with E-state index in [1.54, 1.807) is 0 Å². The van der Waals surface area contributed by atoms with Crippen molar-refractivity contribution in [2.24, 2.45) is 5.41 Å². The number of furan rings is 1. The largest absolute Gasteiger partial charge is 0.481 e. The molecular formula is C10H13NO3. The minimum absolute atomic E-state index is 0.454. The number of anilines is 1. The third-order valence-corrected chi connectivity index (χ3v) is 2.65. The average molecular weight is 195 g/mol. The van der Waals surface area contributed by atoms with E-state index in [-0.39, 0.29) is 0 Å². The molecule has 0 saturated heterocycles. The van der Waals surface area contributed by atoms with Crippen LogP contribution in [0.15, 0.2) is 16.5 Å². The van der Waals surface area contributed by atoms with Gasteiger partial charge in [0.15, 0.2) is 5.88 Å². The summed E-state index contributed by atoms with van der Waals surface area (Å²) in [5.74, 6) is 0.760. The first-order valence-corrected chi connectivity index (χ1v) is 4.66. The highest BCUT2D eigenvalue weighted by Crippen LogP contribution is 2.45. The van der Waals surface area contributed by atoms with Gasteiger partial charge in [-0.2, -0.15) is 0 Å². The van der Waals surface area contributed by atoms with Crippen molar-refractivity contribution in [1.82, 2.24) is 0 Å². The molecule has 76 valence electrons. The first-order valence-electron chi connectivity index (χ1n) is 4.66. The van der Waals surface area contributed by atoms with Crippen molar-refractivity contribution in [3.63, 3.8) is 0 Å². The Kier molecular flexibility index (Phi) is 1.98. The lowest BCUT2D eigenvalue weighted by Gasteiger charge is -2.09. The smallest absolute Gasteiger partial charge is 0.311 e. The summed E-state index contributed by atoms with van der Waals surface area (Å²) >= 11 is 0. The molecule has 14 heavy (non-hydrogen) atoms. The van der Waals surface area contributed by atoms with Crippen molar-refractivity contribution in [2.75, 3.05) is 11.9 Å². The molecule has 1 saturated carbocycles. The van der Waals surface area contributed by atoms with E-state index in [2.05, 4.69) is 5.32 Å². The van der Waals surface area contributed by atoms with Crippen LogP contribution < -0.4 is 5.32 Å². The quantitative estimate of drug-likeness (QED) is 0.769. The number of carbonyl (C=O) groups is 1. The van der Waals surface area contributed by atoms with Crippen LogP contribution in [0.1, 0.15) is 18.6 Å². The number of hydrogen-bond donors (Lipinski definition) is 2. The molecule has 2 rings (SSSR count). The van der Waals surface area contributed by atoms with Gasteiger partial charge in [0.2, 0.25) is 0 Å². The summed E-state index contributed by atoms with van der Waals surface area (Å²) in [4.78, 5) is 10.8. The van der Waals surface area contributed by atoms with Gasteiger partial charge in [0.25, 0.3) is 0 Å². The van der Waals surface area contributed by atoms with Crippen LogP contribution in [0.2, 0.25) is 0 Å². The fourth-order valence-electron chi connectivity index (χ4n) is 1.40. The number of rotatable bonds is 4. The second kappa shape index (κ2) is 3.04. The molecule has 2 N–H and O–H groups in total. The highest BCUT2D eigenvalue weighted by molar-refractivity contribution is 5.78. The maximum Gasteiger partial charge on any atom is 0.311 e. The molecule has 1 fully saturated rings. The Morgan fingerprint density at radius 1 is 1.64 bits per heavy atom. The Hall–Kier alpha value is -1.45. The van der Waals surface area contributed by atoms with E-state index in [9.17, 15) is 4.79 Å². The molecule has 0 bridgehead atoms. The number of aryl methyl sites for hydroxylation is 1. The van der Waals surface area contributed by atoms with Crippen LogP contribution in [0.25, 0.3) is 0 Å². The van der Waals surface area contributed by atoms with Gasteiger partial charge in [-0.25, -0.2) is 0 Å². The van der Waals surface area contributed by atoms with Gasteiger partial charge in [0.05, 0.1) is 5.41 Å². The molecule has 4 nitrogen and oxygen atoms in total. The van der Waals surface area contributed by atoms with Gasteiger partial charge in [-0.3, -0.25) is 4.79 Å². The van der Waals surface area contributed by atoms with Crippen LogP contribution in [0.3, 0.4) is 0 Å². The van der Waals surface area contributed by atoms with Gasteiger partial charge in [-0.15, -0.1) is 0 Å². The Morgan fingerprint density at radius 2 is 2.36 bits per heavy atom. The summed E-state index contributed by atoms with van der Waals surface area (Å²) in [6.07, 6.45) is 1.52. The second-order valence-electron chi connectivity index (χ2n) is 3.85. The fourth-order valence-corrected chi connectivity index (χ4v) is 1.40. The van der Waals surface area contributed by atoms with E-state index in [4.69, 9.17) is 9.52 Å². The van der Waals surface area contributed by atoms with E-state index in [1.807, 2.05) is 19.1 Å². The Labute approximate surface area is 81.9 Å². The molecule has 0 atom stereocenters. The average Bonchev–Trinajstić information content (AvgIpc) is 2.82. The van der Waals surface area contributed by atoms with E-state index in [0.717, 1.165) is 18.6 Å².